The Kier molecular flexibility index (Phi) is 15.3. The highest BCUT2D eigenvalue weighted by molar-refractivity contribution is 6.33. The third-order valence-corrected chi connectivity index (χ3v) is 27.9. The zero-order valence-electron chi connectivity index (χ0n) is 56.5. The number of phenols is 1. The lowest BCUT2D eigenvalue weighted by atomic mass is 9.43. The number of hydrogen-bond donors (Lipinski definition) is 10. The van der Waals surface area contributed by atoms with Crippen LogP contribution in [-0.4, -0.2) is 106 Å². The second kappa shape index (κ2) is 23.3. The van der Waals surface area contributed by atoms with Gasteiger partial charge in [-0.2, -0.15) is 0 Å². The number of nitrogens with two attached hydrogens (primary N) is 1. The zero-order chi connectivity index (χ0) is 65.8. The molecule has 4 saturated carbocycles. The van der Waals surface area contributed by atoms with Crippen LogP contribution in [0.25, 0.3) is 0 Å². The number of hydrogen-bond acceptors (Lipinski definition) is 15. The first-order valence-corrected chi connectivity index (χ1v) is 36.9. The molecule has 0 aromatic heterocycles. The number of aliphatic hydroxyl groups is 2. The third kappa shape index (κ3) is 9.79. The summed E-state index contributed by atoms with van der Waals surface area (Å²) in [5.74, 6) is 6.60. The van der Waals surface area contributed by atoms with Crippen molar-refractivity contribution in [2.75, 3.05) is 20.2 Å². The standard InChI is InChI=1S/C81H99N7O8/c1-45(20-21-49-24-28-85-74-57(49)22-23-68(83-4)87-74)54(43-89)38-80-71(92)58-19-10-16-53-35-76(3)26-6-5-12-48-13-8-15-51-37-78-40-63-61(70(65(78)31-59(48)51)95-75(94)81(80,96-80)72(93)69(53)58)33-67(91)79(44-77(36-52-25-27-84-66(52)41-77)39-55(79)17-7-11-46(2)88-78)64(63)32-60(50-14-9-18-56(90)30-50)62-29-47(34-76)42-86-73(62)82/h8-10,14-16,18-19,24-25,27,29-30,37,42,46,48,52,55,59-61,63-68,70,73,83-91H,5-6,12-13,17,20-23,26,28,31-36,38-41,43-44,82H2,1-4H3/b54-45-/t46-,48-,52+,55+,59-,60+,61-,63+,64+,65-,66+,67-,68+,70+,73?,76-,77+,78+,79-,80-,81-/m0/s1. The fourth-order valence-corrected chi connectivity index (χ4v) is 23.7. The number of nitrogens with one attached hydrogen (secondary N) is 6. The molecule has 15 nitrogen and oxygen atoms in total. The second-order valence-corrected chi connectivity index (χ2v) is 33.2. The van der Waals surface area contributed by atoms with E-state index in [9.17, 15) is 15.3 Å². The molecule has 13 bridgehead atoms. The van der Waals surface area contributed by atoms with Crippen LogP contribution in [-0.2, 0) is 20.7 Å². The molecule has 506 valence electrons. The number of epoxide rings is 1. The van der Waals surface area contributed by atoms with Gasteiger partial charge in [0.05, 0.1) is 31.1 Å². The molecule has 11 N–H and O–H groups in total. The van der Waals surface area contributed by atoms with Crippen molar-refractivity contribution in [3.63, 3.8) is 0 Å². The maximum atomic E-state index is 17.1. The summed E-state index contributed by atoms with van der Waals surface area (Å²) in [5, 5.41) is 59.9. The molecule has 8 aliphatic heterocycles. The number of phenolic OH excluding ortho intramolecular Hbond substituents is 1. The summed E-state index contributed by atoms with van der Waals surface area (Å²) in [7, 11) is 1.97. The van der Waals surface area contributed by atoms with Crippen LogP contribution in [0.2, 0.25) is 0 Å². The molecule has 8 heterocycles. The molecule has 4 spiro atoms. The summed E-state index contributed by atoms with van der Waals surface area (Å²) in [6.45, 7) is 6.81. The Morgan fingerprint density at radius 3 is 2.69 bits per heavy atom. The zero-order valence-corrected chi connectivity index (χ0v) is 56.5. The van der Waals surface area contributed by atoms with Crippen molar-refractivity contribution in [3.8, 4) is 17.6 Å². The minimum absolute atomic E-state index is 0.0375. The predicted octanol–water partition coefficient (Wildman–Crippen LogP) is 10.3. The van der Waals surface area contributed by atoms with Crippen molar-refractivity contribution < 1.29 is 39.2 Å². The largest absolute Gasteiger partial charge is 0.508 e. The van der Waals surface area contributed by atoms with E-state index < -0.39 is 70.1 Å². The number of fused-ring (bicyclic) bond motifs is 4. The van der Waals surface area contributed by atoms with Crippen molar-refractivity contribution in [3.05, 3.63) is 158 Å². The number of ether oxygens (including phenoxy) is 2. The van der Waals surface area contributed by atoms with E-state index in [1.807, 2.05) is 38.2 Å². The van der Waals surface area contributed by atoms with E-state index in [-0.39, 0.29) is 82.3 Å². The Balaban J connectivity index is 0.871. The normalized spacial score (nSPS) is 43.0. The van der Waals surface area contributed by atoms with Gasteiger partial charge in [0.1, 0.15) is 17.7 Å². The van der Waals surface area contributed by atoms with Crippen LogP contribution in [0.4, 0.5) is 0 Å². The molecule has 0 amide bonds. The first kappa shape index (κ1) is 63.0. The van der Waals surface area contributed by atoms with Gasteiger partial charge >= 0.3 is 5.97 Å². The average molecular weight is 1300 g/mol. The molecular weight excluding hydrogens is 1200 g/mol. The molecule has 2 aromatic carbocycles. The number of carbonyl (C=O) groups is 3. The Morgan fingerprint density at radius 1 is 0.969 bits per heavy atom. The SMILES string of the molecule is CN[C@H]1CCC2=C(NCC=C2CC/C(C)=C(\CO)C[C@@]23O[C@@]24C(=O)O[C@@H]2[C@H]5C[C@H](O)[C@@]67C[C@@]8(C[C@H]6CC#C[C@H](C)N[C@]69C=C%10C=CC[C@H](CCCC[C@@](C)(CC%11=CNC(N)C(=C%11)[C@@H](c%11cccc(O)c%11)C[C@@H]7[C@@H]5C6)Cc5cccc(c5C4=O)C3=O)[C@@H]%10C[C@@H]29)C[C@H]2C=CN[C@@H]2C8)N1. The van der Waals surface area contributed by atoms with Gasteiger partial charge in [-0.05, 0) is 239 Å². The Morgan fingerprint density at radius 2 is 1.84 bits per heavy atom. The minimum atomic E-state index is -2.36. The maximum absolute atomic E-state index is 17.1. The molecule has 17 rings (SSSR count). The maximum Gasteiger partial charge on any atom is 0.350 e. The summed E-state index contributed by atoms with van der Waals surface area (Å²) in [6, 6.07) is 13.4. The lowest BCUT2D eigenvalue weighted by molar-refractivity contribution is -0.205. The second-order valence-electron chi connectivity index (χ2n) is 33.2. The highest BCUT2D eigenvalue weighted by Crippen LogP contribution is 2.73. The van der Waals surface area contributed by atoms with E-state index in [1.165, 1.54) is 16.7 Å². The van der Waals surface area contributed by atoms with E-state index in [0.717, 1.165) is 98.7 Å². The van der Waals surface area contributed by atoms with Crippen LogP contribution >= 0.6 is 0 Å². The van der Waals surface area contributed by atoms with Crippen LogP contribution in [0.1, 0.15) is 187 Å². The summed E-state index contributed by atoms with van der Waals surface area (Å²) in [4.78, 5) is 50.3. The van der Waals surface area contributed by atoms with Crippen LogP contribution in [0.15, 0.2) is 136 Å². The summed E-state index contributed by atoms with van der Waals surface area (Å²) < 4.78 is 14.8. The highest BCUT2D eigenvalue weighted by Gasteiger charge is 2.86. The number of Topliss-reactive ketones (excluding diaryl/α,β-unsaturated/α-hetero) is 2. The molecule has 1 unspecified atom stereocenters. The van der Waals surface area contributed by atoms with Crippen molar-refractivity contribution in [2.45, 2.75) is 215 Å². The van der Waals surface area contributed by atoms with Gasteiger partial charge in [0.2, 0.25) is 5.78 Å². The van der Waals surface area contributed by atoms with Crippen LogP contribution < -0.4 is 37.6 Å². The van der Waals surface area contributed by atoms with E-state index in [4.69, 9.17) is 15.2 Å². The average Bonchev–Trinajstić information content (AvgIpc) is 1.47. The van der Waals surface area contributed by atoms with E-state index in [0.29, 0.717) is 93.3 Å². The molecule has 7 aliphatic carbocycles. The Labute approximate surface area is 566 Å². The number of benzene rings is 2. The topological polar surface area (TPSA) is 232 Å². The number of carbonyl (C=O) groups excluding carboxylic acids is 3. The van der Waals surface area contributed by atoms with Gasteiger partial charge in [-0.15, -0.1) is 5.92 Å². The first-order valence-electron chi connectivity index (χ1n) is 36.9. The molecule has 96 heavy (non-hydrogen) atoms. The summed E-state index contributed by atoms with van der Waals surface area (Å²) in [6.07, 6.45) is 32.1. The van der Waals surface area contributed by atoms with Gasteiger partial charge in [-0.3, -0.25) is 14.9 Å². The quantitative estimate of drug-likeness (QED) is 0.0390. The van der Waals surface area contributed by atoms with Gasteiger partial charge in [0.15, 0.2) is 11.4 Å². The number of dihydropyridines is 2. The lowest BCUT2D eigenvalue weighted by Crippen LogP contribution is -2.69. The number of allylic oxidation sites excluding steroid dienone is 8. The monoisotopic (exact) mass is 1300 g/mol. The smallest absolute Gasteiger partial charge is 0.350 e. The van der Waals surface area contributed by atoms with E-state index in [1.54, 1.807) is 12.1 Å². The fraction of sp³-hybridized carbons (Fsp3) is 0.593. The van der Waals surface area contributed by atoms with E-state index >= 15 is 14.4 Å². The Hall–Kier alpha value is -6.51. The highest BCUT2D eigenvalue weighted by atomic mass is 16.7. The third-order valence-electron chi connectivity index (χ3n) is 27.9. The number of ketones is 2. The molecule has 15 aliphatic rings. The molecule has 15 heteroatoms. The van der Waals surface area contributed by atoms with Gasteiger partial charge in [0, 0.05) is 71.5 Å². The molecule has 21 atom stereocenters. The molecular formula is C81H99N7O8. The number of aliphatic hydroxyl groups excluding tert-OH is 2. The van der Waals surface area contributed by atoms with Gasteiger partial charge in [-0.1, -0.05) is 98.0 Å². The minimum Gasteiger partial charge on any atom is -0.508 e. The van der Waals surface area contributed by atoms with Crippen LogP contribution in [0, 0.1) is 75.4 Å². The summed E-state index contributed by atoms with van der Waals surface area (Å²) >= 11 is 0. The molecule has 1 saturated heterocycles. The predicted molar refractivity (Wildman–Crippen MR) is 368 cm³/mol. The lowest BCUT2D eigenvalue weighted by Gasteiger charge is -2.64. The van der Waals surface area contributed by atoms with E-state index in [2.05, 4.69) is 113 Å². The fourth-order valence-electron chi connectivity index (χ4n) is 23.7. The molecule has 0 radical (unpaired) electrons. The van der Waals surface area contributed by atoms with Crippen LogP contribution in [0.3, 0.4) is 0 Å². The molecule has 2 aromatic rings. The number of esters is 1. The van der Waals surface area contributed by atoms with Crippen molar-refractivity contribution in [1.29, 1.82) is 0 Å². The Bertz CT molecular complexity index is 3940. The van der Waals surface area contributed by atoms with Gasteiger partial charge in [-0.25, -0.2) is 4.79 Å². The summed E-state index contributed by atoms with van der Waals surface area (Å²) in [5.41, 5.74) is 10.7. The first-order chi connectivity index (χ1) is 46.4. The van der Waals surface area contributed by atoms with Crippen molar-refractivity contribution in [1.82, 2.24) is 31.9 Å². The van der Waals surface area contributed by atoms with Crippen LogP contribution in [0.5, 0.6) is 5.75 Å². The van der Waals surface area contributed by atoms with Crippen molar-refractivity contribution >= 4 is 17.5 Å². The molecule has 5 fully saturated rings. The number of rotatable bonds is 8. The number of aromatic hydroxyl groups is 1. The van der Waals surface area contributed by atoms with Gasteiger partial charge < -0.3 is 57.1 Å². The van der Waals surface area contributed by atoms with Crippen molar-refractivity contribution in [2.24, 2.45) is 69.3 Å². The van der Waals surface area contributed by atoms with Gasteiger partial charge in [0.25, 0.3) is 5.60 Å².